The van der Waals surface area contributed by atoms with Gasteiger partial charge in [0.1, 0.15) is 17.8 Å². The highest BCUT2D eigenvalue weighted by atomic mass is 16.5. The lowest BCUT2D eigenvalue weighted by Crippen LogP contribution is -2.48. The van der Waals surface area contributed by atoms with E-state index in [9.17, 15) is 4.79 Å². The van der Waals surface area contributed by atoms with E-state index in [1.807, 2.05) is 11.0 Å². The Bertz CT molecular complexity index is 759. The summed E-state index contributed by atoms with van der Waals surface area (Å²) >= 11 is 0. The van der Waals surface area contributed by atoms with Gasteiger partial charge in [0.15, 0.2) is 0 Å². The Labute approximate surface area is 152 Å². The summed E-state index contributed by atoms with van der Waals surface area (Å²) in [6, 6.07) is 2.80. The van der Waals surface area contributed by atoms with Crippen molar-refractivity contribution < 1.29 is 9.53 Å². The molecule has 2 fully saturated rings. The highest BCUT2D eigenvalue weighted by Gasteiger charge is 2.37. The Morgan fingerprint density at radius 3 is 2.54 bits per heavy atom. The first kappa shape index (κ1) is 16.7. The average molecular weight is 354 g/mol. The first-order chi connectivity index (χ1) is 12.8. The molecule has 1 amide bonds. The van der Waals surface area contributed by atoms with Crippen molar-refractivity contribution >= 4 is 11.7 Å². The van der Waals surface area contributed by atoms with Crippen LogP contribution in [-0.4, -0.2) is 63.0 Å². The fourth-order valence-electron chi connectivity index (χ4n) is 3.53. The van der Waals surface area contributed by atoms with Gasteiger partial charge in [-0.25, -0.2) is 15.0 Å². The molecule has 2 aliphatic rings. The van der Waals surface area contributed by atoms with Crippen LogP contribution in [0.1, 0.15) is 36.2 Å². The number of aromatic nitrogens is 4. The van der Waals surface area contributed by atoms with Crippen LogP contribution in [0.15, 0.2) is 31.0 Å². The Balaban J connectivity index is 1.45. The lowest BCUT2D eigenvalue weighted by atomic mass is 10.0. The van der Waals surface area contributed by atoms with E-state index in [4.69, 9.17) is 4.74 Å². The second-order valence-corrected chi connectivity index (χ2v) is 6.67. The fraction of sp³-hybridized carbons (Fsp3) is 0.500. The van der Waals surface area contributed by atoms with Gasteiger partial charge in [0.05, 0.1) is 13.3 Å². The van der Waals surface area contributed by atoms with Gasteiger partial charge in [0.25, 0.3) is 5.91 Å². The first-order valence-corrected chi connectivity index (χ1v) is 8.96. The van der Waals surface area contributed by atoms with Gasteiger partial charge in [0.2, 0.25) is 5.88 Å². The molecular weight excluding hydrogens is 332 g/mol. The second kappa shape index (κ2) is 7.23. The maximum Gasteiger partial charge on any atom is 0.274 e. The quantitative estimate of drug-likeness (QED) is 0.805. The smallest absolute Gasteiger partial charge is 0.274 e. The Hall–Kier alpha value is -2.77. The van der Waals surface area contributed by atoms with Crippen LogP contribution < -0.4 is 9.64 Å². The number of likely N-dealkylation sites (tertiary alicyclic amines) is 1. The molecule has 0 radical (unpaired) electrons. The Kier molecular flexibility index (Phi) is 4.64. The van der Waals surface area contributed by atoms with Crippen molar-refractivity contribution in [3.05, 3.63) is 36.7 Å². The van der Waals surface area contributed by atoms with Crippen molar-refractivity contribution in [2.75, 3.05) is 25.1 Å². The van der Waals surface area contributed by atoms with Crippen LogP contribution in [0.2, 0.25) is 0 Å². The number of rotatable bonds is 5. The molecule has 1 aliphatic heterocycles. The topological polar surface area (TPSA) is 84.3 Å². The zero-order chi connectivity index (χ0) is 17.9. The van der Waals surface area contributed by atoms with Crippen LogP contribution in [0, 0.1) is 0 Å². The Morgan fingerprint density at radius 1 is 1.12 bits per heavy atom. The number of anilines is 1. The maximum atomic E-state index is 12.5. The van der Waals surface area contributed by atoms with Gasteiger partial charge in [-0.1, -0.05) is 0 Å². The molecule has 0 atom stereocenters. The molecule has 0 N–H and O–H groups in total. The molecule has 0 spiro atoms. The minimum Gasteiger partial charge on any atom is -0.481 e. The third kappa shape index (κ3) is 3.44. The predicted octanol–water partition coefficient (Wildman–Crippen LogP) is 1.55. The van der Waals surface area contributed by atoms with Gasteiger partial charge in [0, 0.05) is 43.6 Å². The van der Waals surface area contributed by atoms with E-state index in [0.29, 0.717) is 36.7 Å². The molecule has 0 aromatic carbocycles. The van der Waals surface area contributed by atoms with Crippen LogP contribution >= 0.6 is 0 Å². The number of hydrogen-bond acceptors (Lipinski definition) is 7. The lowest BCUT2D eigenvalue weighted by Gasteiger charge is -2.39. The van der Waals surface area contributed by atoms with Crippen LogP contribution in [0.25, 0.3) is 0 Å². The molecule has 1 saturated carbocycles. The van der Waals surface area contributed by atoms with E-state index in [1.165, 1.54) is 19.0 Å². The third-order valence-electron chi connectivity index (χ3n) is 4.97. The first-order valence-electron chi connectivity index (χ1n) is 8.96. The number of methoxy groups -OCH3 is 1. The Morgan fingerprint density at radius 2 is 1.88 bits per heavy atom. The van der Waals surface area contributed by atoms with Crippen LogP contribution in [-0.2, 0) is 0 Å². The average Bonchev–Trinajstić information content (AvgIpc) is 3.54. The third-order valence-corrected chi connectivity index (χ3v) is 4.97. The molecule has 3 heterocycles. The molecule has 8 heteroatoms. The molecular formula is C18H22N6O2. The number of ether oxygens (including phenoxy) is 1. The molecule has 26 heavy (non-hydrogen) atoms. The molecule has 1 aliphatic carbocycles. The number of piperidine rings is 1. The molecule has 4 rings (SSSR count). The molecule has 0 unspecified atom stereocenters. The van der Waals surface area contributed by atoms with E-state index in [2.05, 4.69) is 24.8 Å². The molecule has 2 aromatic heterocycles. The summed E-state index contributed by atoms with van der Waals surface area (Å²) in [5.41, 5.74) is 0.408. The number of carbonyl (C=O) groups is 1. The summed E-state index contributed by atoms with van der Waals surface area (Å²) in [7, 11) is 1.62. The van der Waals surface area contributed by atoms with E-state index < -0.39 is 0 Å². The minimum absolute atomic E-state index is 0.0433. The number of hydrogen-bond donors (Lipinski definition) is 0. The van der Waals surface area contributed by atoms with Gasteiger partial charge in [-0.15, -0.1) is 0 Å². The SMILES string of the molecule is COc1cc(N(C2CC2)C2CCN(C(=O)c3cnccn3)CC2)ncn1. The van der Waals surface area contributed by atoms with E-state index >= 15 is 0 Å². The maximum absolute atomic E-state index is 12.5. The van der Waals surface area contributed by atoms with Crippen molar-refractivity contribution in [2.24, 2.45) is 0 Å². The molecule has 2 aromatic rings. The molecule has 0 bridgehead atoms. The summed E-state index contributed by atoms with van der Waals surface area (Å²) in [5.74, 6) is 1.45. The number of amides is 1. The van der Waals surface area contributed by atoms with Crippen molar-refractivity contribution in [3.63, 3.8) is 0 Å². The van der Waals surface area contributed by atoms with Crippen LogP contribution in [0.4, 0.5) is 5.82 Å². The normalized spacial score (nSPS) is 17.8. The van der Waals surface area contributed by atoms with Crippen molar-refractivity contribution in [3.8, 4) is 5.88 Å². The van der Waals surface area contributed by atoms with E-state index in [0.717, 1.165) is 18.7 Å². The fourth-order valence-corrected chi connectivity index (χ4v) is 3.53. The molecule has 136 valence electrons. The molecule has 8 nitrogen and oxygen atoms in total. The molecule has 1 saturated heterocycles. The summed E-state index contributed by atoms with van der Waals surface area (Å²) < 4.78 is 5.25. The van der Waals surface area contributed by atoms with Crippen molar-refractivity contribution in [1.82, 2.24) is 24.8 Å². The van der Waals surface area contributed by atoms with Gasteiger partial charge in [-0.3, -0.25) is 9.78 Å². The highest BCUT2D eigenvalue weighted by Crippen LogP contribution is 2.36. The summed E-state index contributed by atoms with van der Waals surface area (Å²) in [4.78, 5) is 33.5. The zero-order valence-electron chi connectivity index (χ0n) is 14.8. The minimum atomic E-state index is -0.0433. The van der Waals surface area contributed by atoms with Gasteiger partial charge >= 0.3 is 0 Å². The van der Waals surface area contributed by atoms with E-state index in [-0.39, 0.29) is 5.91 Å². The van der Waals surface area contributed by atoms with Crippen molar-refractivity contribution in [2.45, 2.75) is 37.8 Å². The second-order valence-electron chi connectivity index (χ2n) is 6.67. The zero-order valence-corrected chi connectivity index (χ0v) is 14.8. The van der Waals surface area contributed by atoms with Gasteiger partial charge < -0.3 is 14.5 Å². The standard InChI is InChI=1S/C18H22N6O2/c1-26-17-10-16(21-12-22-17)24(13-2-3-13)14-4-8-23(9-5-14)18(25)15-11-19-6-7-20-15/h6-7,10-14H,2-5,8-9H2,1H3. The van der Waals surface area contributed by atoms with Crippen molar-refractivity contribution in [1.29, 1.82) is 0 Å². The summed E-state index contributed by atoms with van der Waals surface area (Å²) in [6.45, 7) is 1.43. The summed E-state index contributed by atoms with van der Waals surface area (Å²) in [6.07, 6.45) is 10.4. The highest BCUT2D eigenvalue weighted by molar-refractivity contribution is 5.92. The number of carbonyl (C=O) groups excluding carboxylic acids is 1. The number of nitrogens with zero attached hydrogens (tertiary/aromatic N) is 6. The summed E-state index contributed by atoms with van der Waals surface area (Å²) in [5, 5.41) is 0. The van der Waals surface area contributed by atoms with E-state index in [1.54, 1.807) is 25.8 Å². The lowest BCUT2D eigenvalue weighted by molar-refractivity contribution is 0.0705. The van der Waals surface area contributed by atoms with Gasteiger partial charge in [-0.05, 0) is 25.7 Å². The largest absolute Gasteiger partial charge is 0.481 e. The monoisotopic (exact) mass is 354 g/mol. The van der Waals surface area contributed by atoms with Crippen LogP contribution in [0.3, 0.4) is 0 Å². The predicted molar refractivity (Wildman–Crippen MR) is 95.0 cm³/mol. The van der Waals surface area contributed by atoms with Crippen LogP contribution in [0.5, 0.6) is 5.88 Å². The van der Waals surface area contributed by atoms with Gasteiger partial charge in [-0.2, -0.15) is 0 Å².